The van der Waals surface area contributed by atoms with Crippen LogP contribution in [0.25, 0.3) is 49.4 Å². The van der Waals surface area contributed by atoms with Crippen LogP contribution >= 0.6 is 0 Å². The number of rotatable bonds is 5. The lowest BCUT2D eigenvalue weighted by molar-refractivity contribution is 0.483. The number of fused-ring (bicyclic) bond motifs is 11. The Morgan fingerprint density at radius 3 is 1.50 bits per heavy atom. The predicted molar refractivity (Wildman–Crippen MR) is 347 cm³/mol. The molecular weight excluding hydrogens is 1000 g/mol. The van der Waals surface area contributed by atoms with Crippen molar-refractivity contribution in [1.82, 2.24) is 4.57 Å². The summed E-state index contributed by atoms with van der Waals surface area (Å²) < 4.78 is 34.8. The van der Waals surface area contributed by atoms with E-state index in [2.05, 4.69) is 264 Å². The maximum absolute atomic E-state index is 17.5. The zero-order chi connectivity index (χ0) is 57.9. The highest BCUT2D eigenvalue weighted by Crippen LogP contribution is 2.50. The van der Waals surface area contributed by atoms with Gasteiger partial charge in [-0.3, -0.25) is 0 Å². The standard InChI is InChI=1S/C75H75BFN3O2/c1-44-21-34-60(57(77)37-44)80-62-40-49(75(14,15)16)41-66-68(62)76(56-33-32-52(42-65(56)81-66)78(50-28-22-45(23-29-50)71(2,3)4)51-30-24-46(25-31-51)72(5,6)7)69-63(80)43-61(67-53-19-17-18-20-64(53)82-70(67)69)79-58-35-26-47(73(8,9)10)38-54(58)55-39-48(74(11,12)13)27-36-59(55)79/h17-43H,1-16H3. The number of benzene rings is 9. The topological polar surface area (TPSA) is 33.8 Å². The van der Waals surface area contributed by atoms with Crippen molar-refractivity contribution < 1.29 is 13.5 Å². The number of hydrogen-bond donors (Lipinski definition) is 0. The average molecular weight is 1080 g/mol. The summed E-state index contributed by atoms with van der Waals surface area (Å²) in [6, 6.07) is 59.6. The largest absolute Gasteiger partial charge is 0.458 e. The molecule has 2 aliphatic heterocycles. The van der Waals surface area contributed by atoms with Crippen molar-refractivity contribution in [2.45, 2.75) is 138 Å². The highest BCUT2D eigenvalue weighted by Gasteiger charge is 2.46. The van der Waals surface area contributed by atoms with Gasteiger partial charge in [-0.25, -0.2) is 4.39 Å². The van der Waals surface area contributed by atoms with E-state index in [1.165, 1.54) is 33.0 Å². The molecule has 0 fully saturated rings. The number of nitrogens with zero attached hydrogens (tertiary/aromatic N) is 3. The second kappa shape index (κ2) is 18.2. The second-order valence-electron chi connectivity index (χ2n) is 28.6. The molecule has 0 atom stereocenters. The molecule has 0 amide bonds. The fraction of sp³-hybridized carbons (Fsp3) is 0.280. The normalized spacial score (nSPS) is 13.7. The Hall–Kier alpha value is -8.03. The summed E-state index contributed by atoms with van der Waals surface area (Å²) in [6.45, 7) is 35.6. The van der Waals surface area contributed by atoms with Crippen LogP contribution < -0.4 is 30.9 Å². The van der Waals surface area contributed by atoms with Crippen molar-refractivity contribution >= 4 is 101 Å². The molecule has 0 bridgehead atoms. The second-order valence-corrected chi connectivity index (χ2v) is 28.6. The van der Waals surface area contributed by atoms with Gasteiger partial charge in [-0.2, -0.15) is 0 Å². The molecule has 0 saturated carbocycles. The Morgan fingerprint density at radius 1 is 0.427 bits per heavy atom. The molecule has 9 aromatic carbocycles. The van der Waals surface area contributed by atoms with E-state index in [1.807, 2.05) is 19.1 Å². The lowest BCUT2D eigenvalue weighted by Crippen LogP contribution is -2.60. The third kappa shape index (κ3) is 8.63. The number of halogens is 1. The molecule has 0 aliphatic carbocycles. The van der Waals surface area contributed by atoms with Gasteiger partial charge in [0.2, 0.25) is 0 Å². The van der Waals surface area contributed by atoms with Gasteiger partial charge in [0.25, 0.3) is 6.71 Å². The van der Waals surface area contributed by atoms with Crippen LogP contribution in [0.1, 0.15) is 137 Å². The van der Waals surface area contributed by atoms with Crippen LogP contribution in [0.5, 0.6) is 11.5 Å². The zero-order valence-corrected chi connectivity index (χ0v) is 50.7. The maximum Gasteiger partial charge on any atom is 0.261 e. The van der Waals surface area contributed by atoms with Gasteiger partial charge in [0, 0.05) is 50.7 Å². The van der Waals surface area contributed by atoms with E-state index in [-0.39, 0.29) is 39.6 Å². The number of furan rings is 1. The van der Waals surface area contributed by atoms with Gasteiger partial charge in [-0.1, -0.05) is 171 Å². The van der Waals surface area contributed by atoms with Gasteiger partial charge in [0.1, 0.15) is 28.5 Å². The van der Waals surface area contributed by atoms with E-state index < -0.39 is 0 Å². The van der Waals surface area contributed by atoms with E-state index in [4.69, 9.17) is 9.15 Å². The van der Waals surface area contributed by atoms with Crippen LogP contribution in [0.15, 0.2) is 168 Å². The summed E-state index contributed by atoms with van der Waals surface area (Å²) in [5, 5.41) is 4.40. The van der Waals surface area contributed by atoms with Gasteiger partial charge in [-0.15, -0.1) is 0 Å². The van der Waals surface area contributed by atoms with Gasteiger partial charge >= 0.3 is 0 Å². The SMILES string of the molecule is Cc1ccc(N2c3cc(C(C)(C)C)cc4c3B(c3ccc(N(c5ccc(C(C)(C)C)cc5)c5ccc(C(C)(C)C)cc5)cc3O4)c3c2cc(-n2c4ccc(C(C)(C)C)cc4c4cc(C(C)(C)C)ccc42)c2c3oc3ccccc32)c(F)c1. The lowest BCUT2D eigenvalue weighted by atomic mass is 9.34. The van der Waals surface area contributed by atoms with Gasteiger partial charge in [0.15, 0.2) is 0 Å². The molecule has 4 heterocycles. The number of hydrogen-bond acceptors (Lipinski definition) is 4. The van der Waals surface area contributed by atoms with E-state index in [9.17, 15) is 0 Å². The first kappa shape index (κ1) is 53.3. The van der Waals surface area contributed by atoms with Gasteiger partial charge in [0.05, 0.1) is 27.8 Å². The molecule has 13 rings (SSSR count). The minimum Gasteiger partial charge on any atom is -0.458 e. The van der Waals surface area contributed by atoms with Crippen molar-refractivity contribution in [3.63, 3.8) is 0 Å². The molecule has 412 valence electrons. The van der Waals surface area contributed by atoms with Crippen LogP contribution in [0.2, 0.25) is 0 Å². The molecule has 0 saturated heterocycles. The minimum absolute atomic E-state index is 0.00555. The number of aryl methyl sites for hydroxylation is 1. The number of aromatic nitrogens is 1. The lowest BCUT2D eigenvalue weighted by Gasteiger charge is -2.41. The third-order valence-electron chi connectivity index (χ3n) is 17.5. The Bertz CT molecular complexity index is 4280. The monoisotopic (exact) mass is 1080 g/mol. The Morgan fingerprint density at radius 2 is 0.951 bits per heavy atom. The predicted octanol–water partition coefficient (Wildman–Crippen LogP) is 19.5. The molecule has 0 radical (unpaired) electrons. The van der Waals surface area contributed by atoms with E-state index >= 15 is 4.39 Å². The van der Waals surface area contributed by atoms with Crippen molar-refractivity contribution in [3.8, 4) is 17.2 Å². The molecule has 0 N–H and O–H groups in total. The summed E-state index contributed by atoms with van der Waals surface area (Å²) in [5.41, 5.74) is 19.5. The quantitative estimate of drug-likeness (QED) is 0.161. The van der Waals surface area contributed by atoms with E-state index in [0.29, 0.717) is 5.69 Å². The highest BCUT2D eigenvalue weighted by molar-refractivity contribution is 7.00. The van der Waals surface area contributed by atoms with Crippen LogP contribution in [0, 0.1) is 12.7 Å². The van der Waals surface area contributed by atoms with E-state index in [0.717, 1.165) is 106 Å². The third-order valence-corrected chi connectivity index (χ3v) is 17.5. The molecule has 0 spiro atoms. The highest BCUT2D eigenvalue weighted by atomic mass is 19.1. The van der Waals surface area contributed by atoms with Crippen molar-refractivity contribution in [2.75, 3.05) is 9.80 Å². The summed E-state index contributed by atoms with van der Waals surface area (Å²) in [7, 11) is 0. The summed E-state index contributed by atoms with van der Waals surface area (Å²) >= 11 is 0. The van der Waals surface area contributed by atoms with Gasteiger partial charge < -0.3 is 23.5 Å². The van der Waals surface area contributed by atoms with Crippen molar-refractivity contribution in [1.29, 1.82) is 0 Å². The molecule has 2 aliphatic rings. The van der Waals surface area contributed by atoms with Gasteiger partial charge in [-0.05, 0) is 175 Å². The molecule has 0 unspecified atom stereocenters. The van der Waals surface area contributed by atoms with Crippen molar-refractivity contribution in [2.24, 2.45) is 0 Å². The molecule has 82 heavy (non-hydrogen) atoms. The first-order valence-electron chi connectivity index (χ1n) is 29.3. The van der Waals surface area contributed by atoms with Crippen LogP contribution in [0.4, 0.5) is 38.5 Å². The molecule has 2 aromatic heterocycles. The summed E-state index contributed by atoms with van der Waals surface area (Å²) in [6.07, 6.45) is 0. The number of ether oxygens (including phenoxy) is 1. The number of para-hydroxylation sites is 1. The summed E-state index contributed by atoms with van der Waals surface area (Å²) in [4.78, 5) is 4.51. The Kier molecular flexibility index (Phi) is 11.9. The smallest absolute Gasteiger partial charge is 0.261 e. The molecular formula is C75H75BFN3O2. The van der Waals surface area contributed by atoms with Crippen molar-refractivity contribution in [3.05, 3.63) is 203 Å². The van der Waals surface area contributed by atoms with Crippen LogP contribution in [0.3, 0.4) is 0 Å². The number of anilines is 6. The fourth-order valence-corrected chi connectivity index (χ4v) is 12.8. The van der Waals surface area contributed by atoms with Crippen LogP contribution in [-0.2, 0) is 27.1 Å². The molecule has 5 nitrogen and oxygen atoms in total. The first-order chi connectivity index (χ1) is 38.6. The van der Waals surface area contributed by atoms with Crippen LogP contribution in [-0.4, -0.2) is 11.3 Å². The first-order valence-corrected chi connectivity index (χ1v) is 29.3. The van der Waals surface area contributed by atoms with E-state index in [1.54, 1.807) is 6.07 Å². The Labute approximate surface area is 484 Å². The average Bonchev–Trinajstić information content (AvgIpc) is 4.06. The summed E-state index contributed by atoms with van der Waals surface area (Å²) in [5.74, 6) is 1.20. The zero-order valence-electron chi connectivity index (χ0n) is 50.7. The minimum atomic E-state index is -0.374. The fourth-order valence-electron chi connectivity index (χ4n) is 12.8. The molecule has 7 heteroatoms. The maximum atomic E-state index is 17.5. The molecule has 11 aromatic rings. The Balaban J connectivity index is 1.13.